The quantitative estimate of drug-likeness (QED) is 0.159. The summed E-state index contributed by atoms with van der Waals surface area (Å²) in [7, 11) is 0. The molecule has 0 amide bonds. The highest BCUT2D eigenvalue weighted by atomic mass is 14.7. The van der Waals surface area contributed by atoms with Gasteiger partial charge in [0, 0.05) is 51.1 Å². The molecule has 5 aromatic carbocycles. The number of pyridine rings is 4. The van der Waals surface area contributed by atoms with E-state index in [0.29, 0.717) is 0 Å². The molecule has 0 saturated carbocycles. The Morgan fingerprint density at radius 2 is 0.932 bits per heavy atom. The summed E-state index contributed by atoms with van der Waals surface area (Å²) in [5.41, 5.74) is 11.7. The van der Waals surface area contributed by atoms with Gasteiger partial charge in [-0.15, -0.1) is 0 Å². The number of aromatic nitrogens is 4. The topological polar surface area (TPSA) is 51.6 Å². The summed E-state index contributed by atoms with van der Waals surface area (Å²) < 4.78 is 0. The van der Waals surface area contributed by atoms with Gasteiger partial charge in [0.1, 0.15) is 0 Å². The second kappa shape index (κ2) is 9.79. The van der Waals surface area contributed by atoms with Crippen LogP contribution in [0.15, 0.2) is 146 Å². The predicted octanol–water partition coefficient (Wildman–Crippen LogP) is 10.0. The monoisotopic (exact) mass is 560 g/mol. The zero-order valence-corrected chi connectivity index (χ0v) is 23.6. The van der Waals surface area contributed by atoms with Crippen LogP contribution in [-0.2, 0) is 0 Å². The second-order valence-electron chi connectivity index (χ2n) is 11.1. The van der Waals surface area contributed by atoms with Crippen LogP contribution in [0.5, 0.6) is 0 Å². The van der Waals surface area contributed by atoms with Crippen LogP contribution in [0.1, 0.15) is 0 Å². The van der Waals surface area contributed by atoms with Gasteiger partial charge in [-0.1, -0.05) is 103 Å². The van der Waals surface area contributed by atoms with E-state index in [1.807, 2.05) is 36.8 Å². The minimum atomic E-state index is 0.931. The van der Waals surface area contributed by atoms with E-state index in [-0.39, 0.29) is 0 Å². The Kier molecular flexibility index (Phi) is 5.47. The summed E-state index contributed by atoms with van der Waals surface area (Å²) in [6.45, 7) is 0. The fraction of sp³-hybridized carbons (Fsp3) is 0. The first kappa shape index (κ1) is 24.6. The molecule has 0 N–H and O–H groups in total. The number of hydrogen-bond acceptors (Lipinski definition) is 4. The molecule has 9 aromatic rings. The van der Waals surface area contributed by atoms with Crippen molar-refractivity contribution in [3.8, 4) is 33.4 Å². The molecule has 0 aliphatic carbocycles. The van der Waals surface area contributed by atoms with Crippen LogP contribution < -0.4 is 0 Å². The fourth-order valence-corrected chi connectivity index (χ4v) is 6.48. The third kappa shape index (κ3) is 3.85. The molecule has 44 heavy (non-hydrogen) atoms. The highest BCUT2D eigenvalue weighted by molar-refractivity contribution is 6.16. The van der Waals surface area contributed by atoms with Gasteiger partial charge in [-0.2, -0.15) is 0 Å². The molecule has 0 radical (unpaired) electrons. The highest BCUT2D eigenvalue weighted by Gasteiger charge is 2.14. The number of hydrogen-bond donors (Lipinski definition) is 0. The van der Waals surface area contributed by atoms with E-state index >= 15 is 0 Å². The summed E-state index contributed by atoms with van der Waals surface area (Å²) >= 11 is 0. The molecule has 0 unspecified atom stereocenters. The zero-order valence-electron chi connectivity index (χ0n) is 23.6. The zero-order chi connectivity index (χ0) is 29.0. The summed E-state index contributed by atoms with van der Waals surface area (Å²) in [5.74, 6) is 0. The lowest BCUT2D eigenvalue weighted by Crippen LogP contribution is -1.91. The highest BCUT2D eigenvalue weighted by Crippen LogP contribution is 2.38. The number of fused-ring (bicyclic) bond motifs is 7. The Bertz CT molecular complexity index is 2540. The summed E-state index contributed by atoms with van der Waals surface area (Å²) in [5, 5.41) is 5.55. The van der Waals surface area contributed by atoms with Gasteiger partial charge in [0.25, 0.3) is 0 Å². The van der Waals surface area contributed by atoms with Crippen molar-refractivity contribution in [1.82, 2.24) is 19.9 Å². The lowest BCUT2D eigenvalue weighted by molar-refractivity contribution is 1.37. The lowest BCUT2D eigenvalue weighted by atomic mass is 9.93. The Balaban J connectivity index is 1.12. The van der Waals surface area contributed by atoms with Gasteiger partial charge in [0.15, 0.2) is 0 Å². The van der Waals surface area contributed by atoms with Gasteiger partial charge >= 0.3 is 0 Å². The predicted molar refractivity (Wildman–Crippen MR) is 181 cm³/mol. The molecule has 0 aliphatic rings. The molecule has 4 heteroatoms. The van der Waals surface area contributed by atoms with E-state index in [0.717, 1.165) is 71.2 Å². The summed E-state index contributed by atoms with van der Waals surface area (Å²) in [4.78, 5) is 19.0. The maximum Gasteiger partial charge on any atom is 0.0978 e. The van der Waals surface area contributed by atoms with Crippen molar-refractivity contribution in [3.05, 3.63) is 146 Å². The van der Waals surface area contributed by atoms with Crippen molar-refractivity contribution < 1.29 is 0 Å². The minimum absolute atomic E-state index is 0.931. The van der Waals surface area contributed by atoms with Crippen molar-refractivity contribution in [3.63, 3.8) is 0 Å². The smallest absolute Gasteiger partial charge is 0.0978 e. The molecule has 4 nitrogen and oxygen atoms in total. The molecule has 0 fully saturated rings. The average molecular weight is 561 g/mol. The van der Waals surface area contributed by atoms with Gasteiger partial charge < -0.3 is 0 Å². The standard InChI is InChI=1S/C40H24N4/c1-2-8-35-33(7-1)36(34-20-18-30-6-4-23-42-38(30)40(34)44-35)28-15-11-26(12-16-28)25-9-13-27(14-10-25)31-21-24-43-39-32(31)19-17-29-5-3-22-41-37(29)39/h1-24H. The van der Waals surface area contributed by atoms with E-state index in [4.69, 9.17) is 9.97 Å². The van der Waals surface area contributed by atoms with Crippen molar-refractivity contribution >= 4 is 54.5 Å². The van der Waals surface area contributed by atoms with Gasteiger partial charge in [-0.3, -0.25) is 15.0 Å². The summed E-state index contributed by atoms with van der Waals surface area (Å²) in [6.07, 6.45) is 5.55. The van der Waals surface area contributed by atoms with Crippen LogP contribution >= 0.6 is 0 Å². The van der Waals surface area contributed by atoms with Crippen LogP contribution in [0.4, 0.5) is 0 Å². The van der Waals surface area contributed by atoms with Crippen molar-refractivity contribution in [2.75, 3.05) is 0 Å². The van der Waals surface area contributed by atoms with Crippen LogP contribution in [0.3, 0.4) is 0 Å². The van der Waals surface area contributed by atoms with E-state index in [2.05, 4.69) is 119 Å². The first-order valence-corrected chi connectivity index (χ1v) is 14.7. The number of para-hydroxylation sites is 1. The SMILES string of the molecule is c1cnc2c(c1)ccc1c(-c3ccc(-c4ccc(-c5c6ccccc6nc6c5ccc5cccnc56)cc4)cc3)ccnc12. The lowest BCUT2D eigenvalue weighted by Gasteiger charge is -2.13. The fourth-order valence-electron chi connectivity index (χ4n) is 6.48. The molecule has 0 saturated heterocycles. The third-order valence-electron chi connectivity index (χ3n) is 8.61. The van der Waals surface area contributed by atoms with Gasteiger partial charge in [0.05, 0.1) is 27.6 Å². The molecule has 0 atom stereocenters. The van der Waals surface area contributed by atoms with Crippen molar-refractivity contribution in [2.45, 2.75) is 0 Å². The van der Waals surface area contributed by atoms with Crippen molar-refractivity contribution in [1.29, 1.82) is 0 Å². The number of nitrogens with zero attached hydrogens (tertiary/aromatic N) is 4. The molecule has 4 aromatic heterocycles. The third-order valence-corrected chi connectivity index (χ3v) is 8.61. The Morgan fingerprint density at radius 1 is 0.341 bits per heavy atom. The van der Waals surface area contributed by atoms with E-state index < -0.39 is 0 Å². The van der Waals surface area contributed by atoms with Gasteiger partial charge in [-0.25, -0.2) is 4.98 Å². The molecular weight excluding hydrogens is 536 g/mol. The van der Waals surface area contributed by atoms with E-state index in [9.17, 15) is 0 Å². The molecule has 4 heterocycles. The maximum atomic E-state index is 5.05. The number of benzene rings is 5. The van der Waals surface area contributed by atoms with Crippen LogP contribution in [-0.4, -0.2) is 19.9 Å². The Hall–Kier alpha value is -6.00. The van der Waals surface area contributed by atoms with E-state index in [1.165, 1.54) is 16.7 Å². The Morgan fingerprint density at radius 3 is 1.66 bits per heavy atom. The van der Waals surface area contributed by atoms with E-state index in [1.54, 1.807) is 0 Å². The molecular formula is C40H24N4. The first-order chi connectivity index (χ1) is 21.8. The molecule has 0 bridgehead atoms. The van der Waals surface area contributed by atoms with Crippen LogP contribution in [0.25, 0.3) is 87.9 Å². The Labute approximate surface area is 253 Å². The first-order valence-electron chi connectivity index (χ1n) is 14.7. The molecule has 0 aliphatic heterocycles. The van der Waals surface area contributed by atoms with Crippen molar-refractivity contribution in [2.24, 2.45) is 0 Å². The summed E-state index contributed by atoms with van der Waals surface area (Å²) in [6, 6.07) is 44.8. The molecule has 9 rings (SSSR count). The molecule has 204 valence electrons. The minimum Gasteiger partial charge on any atom is -0.254 e. The van der Waals surface area contributed by atoms with Gasteiger partial charge in [-0.05, 0) is 52.1 Å². The molecule has 0 spiro atoms. The maximum absolute atomic E-state index is 5.05. The van der Waals surface area contributed by atoms with Crippen LogP contribution in [0, 0.1) is 0 Å². The normalized spacial score (nSPS) is 11.6. The number of rotatable bonds is 3. The van der Waals surface area contributed by atoms with Crippen LogP contribution in [0.2, 0.25) is 0 Å². The average Bonchev–Trinajstić information content (AvgIpc) is 3.10. The second-order valence-corrected chi connectivity index (χ2v) is 11.1. The van der Waals surface area contributed by atoms with Gasteiger partial charge in [0.2, 0.25) is 0 Å². The largest absolute Gasteiger partial charge is 0.254 e.